The van der Waals surface area contributed by atoms with Crippen LogP contribution in [0.4, 0.5) is 8.78 Å². The number of carboxylic acids is 1. The summed E-state index contributed by atoms with van der Waals surface area (Å²) in [6.07, 6.45) is 0. The van der Waals surface area contributed by atoms with Gasteiger partial charge < -0.3 is 9.52 Å². The van der Waals surface area contributed by atoms with Crippen molar-refractivity contribution in [3.05, 3.63) is 35.6 Å². The van der Waals surface area contributed by atoms with E-state index in [0.29, 0.717) is 5.39 Å². The first kappa shape index (κ1) is 10.6. The smallest absolute Gasteiger partial charge is 0.399 e. The number of alkyl halides is 2. The van der Waals surface area contributed by atoms with Crippen molar-refractivity contribution >= 4 is 16.9 Å². The molecule has 1 aromatic carbocycles. The van der Waals surface area contributed by atoms with E-state index in [1.54, 1.807) is 19.1 Å². The van der Waals surface area contributed by atoms with E-state index in [4.69, 9.17) is 9.52 Å². The summed E-state index contributed by atoms with van der Waals surface area (Å²) in [5, 5.41) is 8.83. The van der Waals surface area contributed by atoms with Crippen molar-refractivity contribution in [3.8, 4) is 0 Å². The molecule has 1 N–H and O–H groups in total. The van der Waals surface area contributed by atoms with Gasteiger partial charge in [-0.3, -0.25) is 0 Å². The second-order valence-electron chi connectivity index (χ2n) is 3.53. The number of halogens is 2. The van der Waals surface area contributed by atoms with Gasteiger partial charge in [0.15, 0.2) is 5.76 Å². The topological polar surface area (TPSA) is 50.4 Å². The van der Waals surface area contributed by atoms with Crippen LogP contribution < -0.4 is 0 Å². The molecule has 3 nitrogen and oxygen atoms in total. The summed E-state index contributed by atoms with van der Waals surface area (Å²) < 4.78 is 31.1. The van der Waals surface area contributed by atoms with E-state index in [1.807, 2.05) is 0 Å². The second-order valence-corrected chi connectivity index (χ2v) is 3.53. The molecule has 1 aromatic heterocycles. The SMILES string of the molecule is Cc1ccc2oc(C(F)(F)C(=O)O)cc2c1. The Morgan fingerprint density at radius 3 is 2.69 bits per heavy atom. The molecule has 0 fully saturated rings. The maximum atomic E-state index is 13.1. The lowest BCUT2D eigenvalue weighted by atomic mass is 10.1. The number of benzene rings is 1. The summed E-state index contributed by atoms with van der Waals surface area (Å²) in [4.78, 5) is 10.4. The molecule has 0 aliphatic heterocycles. The summed E-state index contributed by atoms with van der Waals surface area (Å²) >= 11 is 0. The Hall–Kier alpha value is -1.91. The van der Waals surface area contributed by atoms with Crippen LogP contribution in [0.3, 0.4) is 0 Å². The molecule has 2 rings (SSSR count). The number of fused-ring (bicyclic) bond motifs is 1. The van der Waals surface area contributed by atoms with Crippen molar-refractivity contribution in [3.63, 3.8) is 0 Å². The lowest BCUT2D eigenvalue weighted by Gasteiger charge is -2.05. The number of rotatable bonds is 2. The van der Waals surface area contributed by atoms with Crippen molar-refractivity contribution in [1.82, 2.24) is 0 Å². The van der Waals surface area contributed by atoms with Crippen LogP contribution in [-0.4, -0.2) is 11.1 Å². The maximum Gasteiger partial charge on any atom is 0.399 e. The monoisotopic (exact) mass is 226 g/mol. The third-order valence-corrected chi connectivity index (χ3v) is 2.25. The number of hydrogen-bond donors (Lipinski definition) is 1. The fourth-order valence-corrected chi connectivity index (χ4v) is 1.42. The average molecular weight is 226 g/mol. The van der Waals surface area contributed by atoms with E-state index < -0.39 is 17.7 Å². The van der Waals surface area contributed by atoms with Crippen LogP contribution in [0.15, 0.2) is 28.7 Å². The fraction of sp³-hybridized carbons (Fsp3) is 0.182. The van der Waals surface area contributed by atoms with Crippen LogP contribution in [0.5, 0.6) is 0 Å². The first-order valence-electron chi connectivity index (χ1n) is 4.53. The van der Waals surface area contributed by atoms with Crippen LogP contribution >= 0.6 is 0 Å². The highest BCUT2D eigenvalue weighted by Gasteiger charge is 2.44. The minimum absolute atomic E-state index is 0.251. The maximum absolute atomic E-state index is 13.1. The summed E-state index contributed by atoms with van der Waals surface area (Å²) in [5.41, 5.74) is 1.14. The first-order chi connectivity index (χ1) is 7.41. The van der Waals surface area contributed by atoms with Crippen LogP contribution in [0.2, 0.25) is 0 Å². The molecule has 84 valence electrons. The fourth-order valence-electron chi connectivity index (χ4n) is 1.42. The van der Waals surface area contributed by atoms with Crippen LogP contribution in [0.25, 0.3) is 11.0 Å². The van der Waals surface area contributed by atoms with Gasteiger partial charge in [-0.05, 0) is 25.1 Å². The van der Waals surface area contributed by atoms with Gasteiger partial charge in [-0.25, -0.2) is 4.79 Å². The largest absolute Gasteiger partial charge is 0.476 e. The van der Waals surface area contributed by atoms with E-state index in [-0.39, 0.29) is 5.58 Å². The van der Waals surface area contributed by atoms with E-state index in [0.717, 1.165) is 11.6 Å². The number of aliphatic carboxylic acids is 1. The molecule has 0 bridgehead atoms. The first-order valence-corrected chi connectivity index (χ1v) is 4.53. The molecule has 0 atom stereocenters. The Labute approximate surface area is 89.3 Å². The van der Waals surface area contributed by atoms with Gasteiger partial charge in [0, 0.05) is 5.39 Å². The normalized spacial score (nSPS) is 11.9. The standard InChI is InChI=1S/C11H8F2O3/c1-6-2-3-8-7(4-6)5-9(16-8)11(12,13)10(14)15/h2-5H,1H3,(H,14,15). The molecule has 0 aliphatic carbocycles. The van der Waals surface area contributed by atoms with Gasteiger partial charge in [-0.15, -0.1) is 0 Å². The van der Waals surface area contributed by atoms with Gasteiger partial charge in [0.2, 0.25) is 0 Å². The Bertz CT molecular complexity index is 557. The molecule has 0 spiro atoms. The quantitative estimate of drug-likeness (QED) is 0.856. The average Bonchev–Trinajstić information content (AvgIpc) is 2.60. The van der Waals surface area contributed by atoms with Crippen molar-refractivity contribution in [2.45, 2.75) is 12.8 Å². The summed E-state index contributed by atoms with van der Waals surface area (Å²) in [7, 11) is 0. The van der Waals surface area contributed by atoms with Crippen LogP contribution in [-0.2, 0) is 10.7 Å². The van der Waals surface area contributed by atoms with Gasteiger partial charge in [-0.1, -0.05) is 11.6 Å². The summed E-state index contributed by atoms with van der Waals surface area (Å²) in [5.74, 6) is -7.06. The van der Waals surface area contributed by atoms with Crippen LogP contribution in [0, 0.1) is 6.92 Å². The number of carbonyl (C=O) groups is 1. The molecule has 0 amide bonds. The third kappa shape index (κ3) is 1.54. The Morgan fingerprint density at radius 1 is 1.38 bits per heavy atom. The van der Waals surface area contributed by atoms with E-state index in [2.05, 4.69) is 0 Å². The molecular weight excluding hydrogens is 218 g/mol. The van der Waals surface area contributed by atoms with Gasteiger partial charge in [-0.2, -0.15) is 8.78 Å². The van der Waals surface area contributed by atoms with E-state index in [1.165, 1.54) is 6.07 Å². The molecular formula is C11H8F2O3. The lowest BCUT2D eigenvalue weighted by Crippen LogP contribution is -2.24. The van der Waals surface area contributed by atoms with Crippen molar-refractivity contribution in [2.75, 3.05) is 0 Å². The van der Waals surface area contributed by atoms with Crippen molar-refractivity contribution < 1.29 is 23.1 Å². The highest BCUT2D eigenvalue weighted by molar-refractivity contribution is 5.82. The van der Waals surface area contributed by atoms with Gasteiger partial charge in [0.1, 0.15) is 5.58 Å². The van der Waals surface area contributed by atoms with E-state index >= 15 is 0 Å². The van der Waals surface area contributed by atoms with Gasteiger partial charge in [0.25, 0.3) is 0 Å². The molecule has 0 unspecified atom stereocenters. The number of hydrogen-bond acceptors (Lipinski definition) is 2. The highest BCUT2D eigenvalue weighted by atomic mass is 19.3. The Morgan fingerprint density at radius 2 is 2.06 bits per heavy atom. The van der Waals surface area contributed by atoms with Crippen molar-refractivity contribution in [2.24, 2.45) is 0 Å². The zero-order valence-electron chi connectivity index (χ0n) is 8.33. The number of furan rings is 1. The van der Waals surface area contributed by atoms with E-state index in [9.17, 15) is 13.6 Å². The highest BCUT2D eigenvalue weighted by Crippen LogP contribution is 2.33. The van der Waals surface area contributed by atoms with Crippen LogP contribution in [0.1, 0.15) is 11.3 Å². The molecule has 16 heavy (non-hydrogen) atoms. The van der Waals surface area contributed by atoms with Crippen molar-refractivity contribution in [1.29, 1.82) is 0 Å². The van der Waals surface area contributed by atoms with Gasteiger partial charge in [0.05, 0.1) is 0 Å². The lowest BCUT2D eigenvalue weighted by molar-refractivity contribution is -0.168. The third-order valence-electron chi connectivity index (χ3n) is 2.25. The molecule has 0 radical (unpaired) electrons. The number of carboxylic acid groups (broad SMARTS) is 1. The predicted octanol–water partition coefficient (Wildman–Crippen LogP) is 2.92. The predicted molar refractivity (Wildman–Crippen MR) is 52.5 cm³/mol. The summed E-state index contributed by atoms with van der Waals surface area (Å²) in [6.45, 7) is 1.81. The zero-order chi connectivity index (χ0) is 11.9. The zero-order valence-corrected chi connectivity index (χ0v) is 8.33. The Balaban J connectivity index is 2.59. The molecule has 0 saturated heterocycles. The molecule has 0 aliphatic rings. The molecule has 2 aromatic rings. The molecule has 0 saturated carbocycles. The number of aryl methyl sites for hydroxylation is 1. The minimum Gasteiger partial charge on any atom is -0.476 e. The summed E-state index contributed by atoms with van der Waals surface area (Å²) in [6, 6.07) is 5.94. The molecule has 1 heterocycles. The second kappa shape index (κ2) is 3.30. The van der Waals surface area contributed by atoms with Gasteiger partial charge >= 0.3 is 11.9 Å². The minimum atomic E-state index is -3.99. The Kier molecular flexibility index (Phi) is 2.18. The molecule has 5 heteroatoms.